The lowest BCUT2D eigenvalue weighted by atomic mass is 10.0. The molecule has 0 aliphatic rings. The van der Waals surface area contributed by atoms with Crippen molar-refractivity contribution >= 4 is 18.1 Å². The summed E-state index contributed by atoms with van der Waals surface area (Å²) in [6, 6.07) is 4.15. The maximum atomic E-state index is 12.7. The molecule has 0 bridgehead atoms. The van der Waals surface area contributed by atoms with Crippen molar-refractivity contribution in [2.45, 2.75) is 12.5 Å². The predicted octanol–water partition coefficient (Wildman–Crippen LogP) is 2.07. The Labute approximate surface area is 97.2 Å². The maximum Gasteiger partial charge on any atom is 0.277 e. The van der Waals surface area contributed by atoms with E-state index in [-0.39, 0.29) is 24.4 Å². The van der Waals surface area contributed by atoms with Gasteiger partial charge in [-0.1, -0.05) is 0 Å². The highest BCUT2D eigenvalue weighted by atomic mass is 35.5. The topological polar surface area (TPSA) is 93.0 Å². The first-order valence-corrected chi connectivity index (χ1v) is 4.12. The molecule has 1 atom stereocenters. The molecule has 1 aromatic carbocycles. The molecule has 0 amide bonds. The number of nitro benzene ring substituents is 1. The number of hydrogen-bond donors (Lipinski definition) is 1. The standard InChI is InChI=1S/C9H8FN3O2.ClH/c10-6-1-2-7(8(12)3-4-11)9(5-6)13(14)15;/h1-2,5,8H,3,12H2;1H/t8-;/m1./s1. The molecule has 0 saturated heterocycles. The number of rotatable bonds is 3. The predicted molar refractivity (Wildman–Crippen MR) is 57.5 cm³/mol. The Morgan fingerprint density at radius 1 is 1.62 bits per heavy atom. The van der Waals surface area contributed by atoms with Gasteiger partial charge >= 0.3 is 0 Å². The molecular formula is C9H9ClFN3O2. The summed E-state index contributed by atoms with van der Waals surface area (Å²) in [4.78, 5) is 9.87. The van der Waals surface area contributed by atoms with Gasteiger partial charge in [-0.15, -0.1) is 12.4 Å². The lowest BCUT2D eigenvalue weighted by Crippen LogP contribution is -2.11. The molecule has 16 heavy (non-hydrogen) atoms. The second-order valence-corrected chi connectivity index (χ2v) is 2.93. The first kappa shape index (κ1) is 14.3. The molecule has 0 unspecified atom stereocenters. The van der Waals surface area contributed by atoms with Crippen molar-refractivity contribution in [2.24, 2.45) is 5.73 Å². The Bertz CT molecular complexity index is 433. The lowest BCUT2D eigenvalue weighted by Gasteiger charge is -2.07. The van der Waals surface area contributed by atoms with E-state index in [4.69, 9.17) is 11.0 Å². The Hall–Kier alpha value is -1.71. The normalized spacial score (nSPS) is 11.1. The molecule has 5 nitrogen and oxygen atoms in total. The number of nitrogens with zero attached hydrogens (tertiary/aromatic N) is 2. The summed E-state index contributed by atoms with van der Waals surface area (Å²) in [5.41, 5.74) is 5.32. The Balaban J connectivity index is 0.00000225. The van der Waals surface area contributed by atoms with Crippen LogP contribution < -0.4 is 5.73 Å². The summed E-state index contributed by atoms with van der Waals surface area (Å²) in [5, 5.41) is 19.0. The van der Waals surface area contributed by atoms with Crippen molar-refractivity contribution in [1.82, 2.24) is 0 Å². The van der Waals surface area contributed by atoms with Gasteiger partial charge in [-0.2, -0.15) is 5.26 Å². The van der Waals surface area contributed by atoms with Crippen LogP contribution in [0.5, 0.6) is 0 Å². The summed E-state index contributed by atoms with van der Waals surface area (Å²) in [6.07, 6.45) is -0.0491. The van der Waals surface area contributed by atoms with Gasteiger partial charge in [0.05, 0.1) is 23.5 Å². The number of nitrogens with two attached hydrogens (primary N) is 1. The zero-order valence-corrected chi connectivity index (χ0v) is 8.91. The molecule has 86 valence electrons. The molecule has 0 heterocycles. The fourth-order valence-corrected chi connectivity index (χ4v) is 1.20. The van der Waals surface area contributed by atoms with E-state index in [0.29, 0.717) is 0 Å². The zero-order valence-electron chi connectivity index (χ0n) is 8.09. The Morgan fingerprint density at radius 2 is 2.25 bits per heavy atom. The Kier molecular flexibility index (Phi) is 5.36. The van der Waals surface area contributed by atoms with Crippen molar-refractivity contribution < 1.29 is 9.31 Å². The van der Waals surface area contributed by atoms with Gasteiger partial charge in [-0.3, -0.25) is 10.1 Å². The number of hydrogen-bond acceptors (Lipinski definition) is 4. The van der Waals surface area contributed by atoms with Crippen molar-refractivity contribution in [3.05, 3.63) is 39.7 Å². The molecule has 0 saturated carbocycles. The van der Waals surface area contributed by atoms with Crippen LogP contribution in [0.15, 0.2) is 18.2 Å². The molecule has 0 aliphatic heterocycles. The average Bonchev–Trinajstić information content (AvgIpc) is 2.17. The van der Waals surface area contributed by atoms with Gasteiger partial charge in [-0.25, -0.2) is 4.39 Å². The maximum absolute atomic E-state index is 12.7. The van der Waals surface area contributed by atoms with Gasteiger partial charge in [0.15, 0.2) is 0 Å². The minimum absolute atomic E-state index is 0. The van der Waals surface area contributed by atoms with Crippen LogP contribution >= 0.6 is 12.4 Å². The second kappa shape index (κ2) is 6.00. The van der Waals surface area contributed by atoms with Crippen LogP contribution in [-0.2, 0) is 0 Å². The molecule has 0 fully saturated rings. The molecule has 1 aromatic rings. The van der Waals surface area contributed by atoms with Crippen LogP contribution in [0.4, 0.5) is 10.1 Å². The second-order valence-electron chi connectivity index (χ2n) is 2.93. The van der Waals surface area contributed by atoms with Gasteiger partial charge < -0.3 is 5.73 Å². The van der Waals surface area contributed by atoms with Gasteiger partial charge in [0.2, 0.25) is 0 Å². The van der Waals surface area contributed by atoms with Crippen LogP contribution in [-0.4, -0.2) is 4.92 Å². The number of nitro groups is 1. The lowest BCUT2D eigenvalue weighted by molar-refractivity contribution is -0.385. The molecule has 0 aromatic heterocycles. The number of benzene rings is 1. The fourth-order valence-electron chi connectivity index (χ4n) is 1.20. The van der Waals surface area contributed by atoms with Crippen molar-refractivity contribution in [3.63, 3.8) is 0 Å². The van der Waals surface area contributed by atoms with E-state index < -0.39 is 22.5 Å². The Morgan fingerprint density at radius 3 is 2.75 bits per heavy atom. The van der Waals surface area contributed by atoms with Crippen LogP contribution in [0.25, 0.3) is 0 Å². The first-order valence-electron chi connectivity index (χ1n) is 4.12. The molecule has 7 heteroatoms. The van der Waals surface area contributed by atoms with Gasteiger partial charge in [0, 0.05) is 11.6 Å². The highest BCUT2D eigenvalue weighted by molar-refractivity contribution is 5.85. The van der Waals surface area contributed by atoms with Gasteiger partial charge in [0.25, 0.3) is 5.69 Å². The smallest absolute Gasteiger partial charge is 0.277 e. The summed E-state index contributed by atoms with van der Waals surface area (Å²) in [6.45, 7) is 0. The third-order valence-corrected chi connectivity index (χ3v) is 1.90. The fraction of sp³-hybridized carbons (Fsp3) is 0.222. The first-order chi connectivity index (χ1) is 7.06. The van der Waals surface area contributed by atoms with E-state index in [9.17, 15) is 14.5 Å². The molecule has 0 spiro atoms. The minimum atomic E-state index is -0.768. The van der Waals surface area contributed by atoms with Crippen molar-refractivity contribution in [1.29, 1.82) is 5.26 Å². The summed E-state index contributed by atoms with van der Waals surface area (Å²) < 4.78 is 12.7. The van der Waals surface area contributed by atoms with E-state index in [2.05, 4.69) is 0 Å². The van der Waals surface area contributed by atoms with Gasteiger partial charge in [-0.05, 0) is 12.1 Å². The molecule has 2 N–H and O–H groups in total. The number of nitriles is 1. The molecule has 0 aliphatic carbocycles. The van der Waals surface area contributed by atoms with E-state index in [1.165, 1.54) is 6.07 Å². The third kappa shape index (κ3) is 3.15. The summed E-state index contributed by atoms with van der Waals surface area (Å²) in [7, 11) is 0. The number of halogens is 2. The van der Waals surface area contributed by atoms with Crippen LogP contribution in [0.3, 0.4) is 0 Å². The molecule has 1 rings (SSSR count). The zero-order chi connectivity index (χ0) is 11.4. The average molecular weight is 246 g/mol. The quantitative estimate of drug-likeness (QED) is 0.652. The van der Waals surface area contributed by atoms with Crippen LogP contribution in [0.1, 0.15) is 18.0 Å². The summed E-state index contributed by atoms with van der Waals surface area (Å²) >= 11 is 0. The SMILES string of the molecule is Cl.N#CC[C@@H](N)c1ccc(F)cc1[N+](=O)[O-]. The van der Waals surface area contributed by atoms with E-state index >= 15 is 0 Å². The summed E-state index contributed by atoms with van der Waals surface area (Å²) in [5.74, 6) is -0.699. The van der Waals surface area contributed by atoms with E-state index in [1.807, 2.05) is 0 Å². The van der Waals surface area contributed by atoms with E-state index in [1.54, 1.807) is 6.07 Å². The van der Waals surface area contributed by atoms with Crippen molar-refractivity contribution in [2.75, 3.05) is 0 Å². The largest absolute Gasteiger partial charge is 0.323 e. The van der Waals surface area contributed by atoms with Crippen LogP contribution in [0.2, 0.25) is 0 Å². The molecule has 0 radical (unpaired) electrons. The minimum Gasteiger partial charge on any atom is -0.323 e. The van der Waals surface area contributed by atoms with Crippen LogP contribution in [0, 0.1) is 27.3 Å². The monoisotopic (exact) mass is 245 g/mol. The third-order valence-electron chi connectivity index (χ3n) is 1.90. The van der Waals surface area contributed by atoms with Crippen molar-refractivity contribution in [3.8, 4) is 6.07 Å². The highest BCUT2D eigenvalue weighted by Gasteiger charge is 2.19. The van der Waals surface area contributed by atoms with Gasteiger partial charge in [0.1, 0.15) is 5.82 Å². The molecular weight excluding hydrogens is 237 g/mol. The van der Waals surface area contributed by atoms with E-state index in [0.717, 1.165) is 12.1 Å². The highest BCUT2D eigenvalue weighted by Crippen LogP contribution is 2.26.